The first kappa shape index (κ1) is 17.9. The van der Waals surface area contributed by atoms with E-state index in [1.54, 1.807) is 13.1 Å². The number of nitrogens with zero attached hydrogens (tertiary/aromatic N) is 1. The Bertz CT molecular complexity index is 907. The van der Waals surface area contributed by atoms with Gasteiger partial charge in [-0.2, -0.15) is 0 Å². The highest BCUT2D eigenvalue weighted by Gasteiger charge is 2.43. The number of aryl methyl sites for hydroxylation is 2. The van der Waals surface area contributed by atoms with Crippen LogP contribution in [-0.2, 0) is 22.4 Å². The van der Waals surface area contributed by atoms with Crippen molar-refractivity contribution in [3.63, 3.8) is 0 Å². The third-order valence-corrected chi connectivity index (χ3v) is 4.76. The van der Waals surface area contributed by atoms with Crippen molar-refractivity contribution in [2.24, 2.45) is 0 Å². The van der Waals surface area contributed by atoms with E-state index < -0.39 is 12.0 Å². The molecule has 0 saturated carbocycles. The lowest BCUT2D eigenvalue weighted by Crippen LogP contribution is -2.31. The number of benzene rings is 1. The molecule has 2 atom stereocenters. The lowest BCUT2D eigenvalue weighted by Gasteiger charge is -2.16. The second-order valence-electron chi connectivity index (χ2n) is 6.52. The van der Waals surface area contributed by atoms with E-state index in [-0.39, 0.29) is 11.7 Å². The Balaban J connectivity index is 1.95. The third-order valence-electron chi connectivity index (χ3n) is 4.76. The Hall–Kier alpha value is -2.93. The van der Waals surface area contributed by atoms with Crippen molar-refractivity contribution in [1.82, 2.24) is 10.3 Å². The standard InChI is InChI=1S/C22H22N2O2/c1-4-8-15-11-14(3)19(16(5-2)12-15)20-21(25)18(24-22(20)26)13-17-9-6-7-10-23-17/h6-7,9-12,18,20H,5,13H2,1-3H3,(H,24,26). The second kappa shape index (κ2) is 7.53. The number of pyridine rings is 1. The first-order valence-corrected chi connectivity index (χ1v) is 8.85. The molecule has 0 radical (unpaired) electrons. The summed E-state index contributed by atoms with van der Waals surface area (Å²) >= 11 is 0. The fourth-order valence-electron chi connectivity index (χ4n) is 3.60. The van der Waals surface area contributed by atoms with E-state index in [1.165, 1.54) is 0 Å². The maximum atomic E-state index is 13.0. The van der Waals surface area contributed by atoms with E-state index in [0.29, 0.717) is 6.42 Å². The summed E-state index contributed by atoms with van der Waals surface area (Å²) in [6, 6.07) is 9.01. The molecule has 1 saturated heterocycles. The van der Waals surface area contributed by atoms with Crippen LogP contribution < -0.4 is 5.32 Å². The molecule has 1 aromatic heterocycles. The number of amides is 1. The zero-order valence-corrected chi connectivity index (χ0v) is 15.3. The molecule has 26 heavy (non-hydrogen) atoms. The Morgan fingerprint density at radius 2 is 2.04 bits per heavy atom. The first-order valence-electron chi connectivity index (χ1n) is 8.85. The summed E-state index contributed by atoms with van der Waals surface area (Å²) in [4.78, 5) is 29.9. The molecule has 132 valence electrons. The number of rotatable bonds is 4. The maximum Gasteiger partial charge on any atom is 0.235 e. The van der Waals surface area contributed by atoms with Gasteiger partial charge in [0, 0.05) is 23.9 Å². The largest absolute Gasteiger partial charge is 0.345 e. The molecule has 1 aromatic carbocycles. The van der Waals surface area contributed by atoms with Gasteiger partial charge in [-0.15, -0.1) is 5.92 Å². The van der Waals surface area contributed by atoms with E-state index in [2.05, 4.69) is 22.1 Å². The zero-order valence-electron chi connectivity index (χ0n) is 15.3. The molecule has 2 unspecified atom stereocenters. The number of carbonyl (C=O) groups excluding carboxylic acids is 2. The van der Waals surface area contributed by atoms with Gasteiger partial charge in [-0.25, -0.2) is 0 Å². The topological polar surface area (TPSA) is 59.1 Å². The minimum Gasteiger partial charge on any atom is -0.345 e. The van der Waals surface area contributed by atoms with Gasteiger partial charge in [-0.05, 0) is 61.2 Å². The van der Waals surface area contributed by atoms with Gasteiger partial charge in [0.15, 0.2) is 5.78 Å². The van der Waals surface area contributed by atoms with Crippen molar-refractivity contribution in [3.05, 3.63) is 64.5 Å². The number of ketones is 1. The van der Waals surface area contributed by atoms with Gasteiger partial charge < -0.3 is 5.32 Å². The summed E-state index contributed by atoms with van der Waals surface area (Å²) in [5.74, 6) is 4.92. The summed E-state index contributed by atoms with van der Waals surface area (Å²) in [5.41, 5.74) is 4.50. The zero-order chi connectivity index (χ0) is 18.7. The molecule has 1 N–H and O–H groups in total. The van der Waals surface area contributed by atoms with Crippen molar-refractivity contribution in [1.29, 1.82) is 0 Å². The molecule has 1 fully saturated rings. The van der Waals surface area contributed by atoms with Gasteiger partial charge in [0.05, 0.1) is 6.04 Å². The molecule has 0 spiro atoms. The van der Waals surface area contributed by atoms with Crippen LogP contribution in [0.1, 0.15) is 47.7 Å². The predicted molar refractivity (Wildman–Crippen MR) is 101 cm³/mol. The van der Waals surface area contributed by atoms with Crippen LogP contribution in [0.3, 0.4) is 0 Å². The first-order chi connectivity index (χ1) is 12.5. The van der Waals surface area contributed by atoms with Crippen LogP contribution >= 0.6 is 0 Å². The monoisotopic (exact) mass is 346 g/mol. The minimum atomic E-state index is -0.748. The molecule has 4 nitrogen and oxygen atoms in total. The van der Waals surface area contributed by atoms with Gasteiger partial charge in [-0.1, -0.05) is 18.9 Å². The SMILES string of the molecule is CC#Cc1cc(C)c(C2C(=O)NC(Cc3ccccn3)C2=O)c(CC)c1. The number of hydrogen-bond donors (Lipinski definition) is 1. The van der Waals surface area contributed by atoms with Crippen LogP contribution in [0, 0.1) is 18.8 Å². The summed E-state index contributed by atoms with van der Waals surface area (Å²) in [7, 11) is 0. The molecule has 3 rings (SSSR count). The lowest BCUT2D eigenvalue weighted by atomic mass is 9.84. The maximum absolute atomic E-state index is 13.0. The molecular weight excluding hydrogens is 324 g/mol. The number of Topliss-reactive ketones (excluding diaryl/α,β-unsaturated/α-hetero) is 1. The van der Waals surface area contributed by atoms with E-state index in [9.17, 15) is 9.59 Å². The fourth-order valence-corrected chi connectivity index (χ4v) is 3.60. The second-order valence-corrected chi connectivity index (χ2v) is 6.52. The molecular formula is C22H22N2O2. The van der Waals surface area contributed by atoms with E-state index >= 15 is 0 Å². The van der Waals surface area contributed by atoms with E-state index in [4.69, 9.17) is 0 Å². The quantitative estimate of drug-likeness (QED) is 0.684. The highest BCUT2D eigenvalue weighted by atomic mass is 16.2. The fraction of sp³-hybridized carbons (Fsp3) is 0.318. The molecule has 1 aliphatic heterocycles. The summed E-state index contributed by atoms with van der Waals surface area (Å²) in [6.45, 7) is 5.77. The van der Waals surface area contributed by atoms with Gasteiger partial charge in [0.1, 0.15) is 5.92 Å². The van der Waals surface area contributed by atoms with E-state index in [1.807, 2.05) is 44.2 Å². The number of carbonyl (C=O) groups is 2. The summed E-state index contributed by atoms with van der Waals surface area (Å²) in [5, 5.41) is 2.86. The van der Waals surface area contributed by atoms with Crippen molar-refractivity contribution >= 4 is 11.7 Å². The van der Waals surface area contributed by atoms with Crippen LogP contribution in [0.25, 0.3) is 0 Å². The van der Waals surface area contributed by atoms with E-state index in [0.717, 1.165) is 34.4 Å². The van der Waals surface area contributed by atoms with Crippen LogP contribution in [0.2, 0.25) is 0 Å². The van der Waals surface area contributed by atoms with Crippen LogP contribution in [0.5, 0.6) is 0 Å². The van der Waals surface area contributed by atoms with Crippen LogP contribution in [-0.4, -0.2) is 22.7 Å². The van der Waals surface area contributed by atoms with Gasteiger partial charge in [-0.3, -0.25) is 14.6 Å². The normalized spacial score (nSPS) is 19.0. The molecule has 2 aromatic rings. The average Bonchev–Trinajstić information content (AvgIpc) is 2.89. The minimum absolute atomic E-state index is 0.0761. The molecule has 2 heterocycles. The predicted octanol–water partition coefficient (Wildman–Crippen LogP) is 2.72. The Labute approximate surface area is 154 Å². The van der Waals surface area contributed by atoms with Crippen molar-refractivity contribution in [3.8, 4) is 11.8 Å². The Morgan fingerprint density at radius 3 is 2.69 bits per heavy atom. The Morgan fingerprint density at radius 1 is 1.23 bits per heavy atom. The lowest BCUT2D eigenvalue weighted by molar-refractivity contribution is -0.124. The highest BCUT2D eigenvalue weighted by Crippen LogP contribution is 2.31. The van der Waals surface area contributed by atoms with Gasteiger partial charge >= 0.3 is 0 Å². The van der Waals surface area contributed by atoms with Crippen molar-refractivity contribution in [2.45, 2.75) is 45.6 Å². The molecule has 0 aliphatic carbocycles. The van der Waals surface area contributed by atoms with Gasteiger partial charge in [0.25, 0.3) is 0 Å². The highest BCUT2D eigenvalue weighted by molar-refractivity contribution is 6.15. The number of aromatic nitrogens is 1. The average molecular weight is 346 g/mol. The molecule has 4 heteroatoms. The third kappa shape index (κ3) is 3.39. The molecule has 0 bridgehead atoms. The van der Waals surface area contributed by atoms with Gasteiger partial charge in [0.2, 0.25) is 5.91 Å². The number of nitrogens with one attached hydrogen (secondary N) is 1. The Kier molecular flexibility index (Phi) is 5.18. The smallest absolute Gasteiger partial charge is 0.235 e. The van der Waals surface area contributed by atoms with Crippen molar-refractivity contribution in [2.75, 3.05) is 0 Å². The molecule has 1 aliphatic rings. The summed E-state index contributed by atoms with van der Waals surface area (Å²) < 4.78 is 0. The van der Waals surface area contributed by atoms with Crippen molar-refractivity contribution < 1.29 is 9.59 Å². The number of hydrogen-bond acceptors (Lipinski definition) is 3. The molecule has 1 amide bonds. The van der Waals surface area contributed by atoms with Crippen LogP contribution in [0.15, 0.2) is 36.5 Å². The summed E-state index contributed by atoms with van der Waals surface area (Å²) in [6.07, 6.45) is 2.86. The van der Waals surface area contributed by atoms with Crippen LogP contribution in [0.4, 0.5) is 0 Å².